The second-order valence-electron chi connectivity index (χ2n) is 7.90. The number of anilines is 1. The molecule has 12 heteroatoms. The van der Waals surface area contributed by atoms with E-state index in [1.165, 1.54) is 16.2 Å². The van der Waals surface area contributed by atoms with Crippen molar-refractivity contribution in [1.82, 2.24) is 19.8 Å². The number of thiazole rings is 1. The minimum atomic E-state index is -1.13. The summed E-state index contributed by atoms with van der Waals surface area (Å²) in [6, 6.07) is 11.5. The lowest BCUT2D eigenvalue weighted by molar-refractivity contribution is 0.0545. The van der Waals surface area contributed by atoms with Crippen LogP contribution in [0.1, 0.15) is 11.3 Å². The minimum Gasteiger partial charge on any atom is -0.465 e. The van der Waals surface area contributed by atoms with Gasteiger partial charge in [-0.1, -0.05) is 35.1 Å². The first-order valence-electron chi connectivity index (χ1n) is 10.6. The fourth-order valence-electron chi connectivity index (χ4n) is 3.88. The van der Waals surface area contributed by atoms with Gasteiger partial charge in [-0.05, 0) is 36.8 Å². The van der Waals surface area contributed by atoms with Crippen LogP contribution in [-0.4, -0.2) is 74.4 Å². The van der Waals surface area contributed by atoms with E-state index in [4.69, 9.17) is 11.6 Å². The van der Waals surface area contributed by atoms with Gasteiger partial charge in [0.2, 0.25) is 0 Å². The van der Waals surface area contributed by atoms with Crippen LogP contribution in [-0.2, 0) is 0 Å². The number of carboxylic acid groups (broad SMARTS) is 1. The van der Waals surface area contributed by atoms with E-state index >= 15 is 0 Å². The van der Waals surface area contributed by atoms with Gasteiger partial charge >= 0.3 is 12.1 Å². The first-order valence-corrected chi connectivity index (χ1v) is 11.8. The van der Waals surface area contributed by atoms with Gasteiger partial charge in [-0.15, -0.1) is 0 Å². The molecule has 2 aromatic heterocycles. The topological polar surface area (TPSA) is 143 Å². The minimum absolute atomic E-state index is 0.0586. The van der Waals surface area contributed by atoms with E-state index < -0.39 is 18.2 Å². The number of nitriles is 1. The Morgan fingerprint density at radius 3 is 2.74 bits per heavy atom. The normalized spacial score (nSPS) is 15.5. The third-order valence-corrected chi connectivity index (χ3v) is 6.73. The quantitative estimate of drug-likeness (QED) is 0.450. The standard InChI is InChI=1S/C23H21ClN6O4S/c1-13-7-16(9-18(24)26-13)20-19(15-4-2-3-14(8-15)10-25)27-21(35-20)28-22(32)29-5-6-30(23(33)34)17(11-29)12-31/h2-4,7-9,17,31H,5-6,11-12H2,1H3,(H,33,34)(H,27,28,32)/t17-/m0/s1. The van der Waals surface area contributed by atoms with E-state index in [9.17, 15) is 25.1 Å². The molecule has 1 aliphatic heterocycles. The molecule has 0 aliphatic carbocycles. The summed E-state index contributed by atoms with van der Waals surface area (Å²) in [6.07, 6.45) is -1.13. The number of aryl methyl sites for hydroxylation is 1. The number of piperazine rings is 1. The molecule has 3 amide bonds. The van der Waals surface area contributed by atoms with Crippen molar-refractivity contribution in [2.75, 3.05) is 31.6 Å². The second kappa shape index (κ2) is 10.3. The summed E-state index contributed by atoms with van der Waals surface area (Å²) in [5.74, 6) is 0. The number of nitrogens with one attached hydrogen (secondary N) is 1. The summed E-state index contributed by atoms with van der Waals surface area (Å²) in [6.45, 7) is 1.77. The van der Waals surface area contributed by atoms with Crippen LogP contribution in [0.4, 0.5) is 14.7 Å². The molecule has 3 aromatic rings. The summed E-state index contributed by atoms with van der Waals surface area (Å²) in [5.41, 5.74) is 3.25. The maximum atomic E-state index is 13.0. The number of urea groups is 1. The molecule has 1 aromatic carbocycles. The van der Waals surface area contributed by atoms with Crippen LogP contribution in [0.25, 0.3) is 21.7 Å². The van der Waals surface area contributed by atoms with Crippen LogP contribution >= 0.6 is 22.9 Å². The average molecular weight is 513 g/mol. The highest BCUT2D eigenvalue weighted by Gasteiger charge is 2.32. The predicted molar refractivity (Wildman–Crippen MR) is 131 cm³/mol. The number of aromatic nitrogens is 2. The number of carbonyl (C=O) groups is 2. The molecule has 1 fully saturated rings. The zero-order chi connectivity index (χ0) is 25.1. The molecule has 1 saturated heterocycles. The van der Waals surface area contributed by atoms with Crippen LogP contribution in [0, 0.1) is 18.3 Å². The Labute approximate surface area is 210 Å². The molecule has 10 nitrogen and oxygen atoms in total. The second-order valence-corrected chi connectivity index (χ2v) is 9.28. The van der Waals surface area contributed by atoms with Crippen molar-refractivity contribution in [1.29, 1.82) is 5.26 Å². The number of amides is 3. The van der Waals surface area contributed by atoms with Gasteiger partial charge in [-0.3, -0.25) is 10.2 Å². The highest BCUT2D eigenvalue weighted by Crippen LogP contribution is 2.40. The maximum Gasteiger partial charge on any atom is 0.407 e. The Bertz CT molecular complexity index is 1300. The van der Waals surface area contributed by atoms with E-state index in [1.807, 2.05) is 19.1 Å². The van der Waals surface area contributed by atoms with Crippen molar-refractivity contribution >= 4 is 40.2 Å². The number of hydrogen-bond donors (Lipinski definition) is 3. The largest absolute Gasteiger partial charge is 0.465 e. The lowest BCUT2D eigenvalue weighted by Crippen LogP contribution is -2.58. The van der Waals surface area contributed by atoms with Crippen molar-refractivity contribution in [3.63, 3.8) is 0 Å². The molecule has 0 radical (unpaired) electrons. The van der Waals surface area contributed by atoms with Crippen LogP contribution in [0.2, 0.25) is 5.15 Å². The summed E-state index contributed by atoms with van der Waals surface area (Å²) in [5, 5.41) is 31.6. The van der Waals surface area contributed by atoms with Crippen LogP contribution in [0.5, 0.6) is 0 Å². The van der Waals surface area contributed by atoms with Gasteiger partial charge in [0.1, 0.15) is 5.15 Å². The van der Waals surface area contributed by atoms with Crippen molar-refractivity contribution in [2.24, 2.45) is 0 Å². The van der Waals surface area contributed by atoms with Crippen LogP contribution in [0.15, 0.2) is 36.4 Å². The zero-order valence-corrected chi connectivity index (χ0v) is 20.2. The van der Waals surface area contributed by atoms with E-state index in [1.54, 1.807) is 24.3 Å². The van der Waals surface area contributed by atoms with Gasteiger partial charge < -0.3 is 15.1 Å². The summed E-state index contributed by atoms with van der Waals surface area (Å²) >= 11 is 7.44. The zero-order valence-electron chi connectivity index (χ0n) is 18.6. The Kier molecular flexibility index (Phi) is 7.16. The van der Waals surface area contributed by atoms with Crippen LogP contribution in [0.3, 0.4) is 0 Å². The number of rotatable bonds is 4. The average Bonchev–Trinajstić information content (AvgIpc) is 3.26. The summed E-state index contributed by atoms with van der Waals surface area (Å²) < 4.78 is 0. The van der Waals surface area contributed by atoms with Gasteiger partial charge in [0.15, 0.2) is 5.13 Å². The SMILES string of the molecule is Cc1cc(-c2sc(NC(=O)N3CCN(C(=O)O)[C@H](CO)C3)nc2-c2cccc(C#N)c2)cc(Cl)n1. The van der Waals surface area contributed by atoms with Crippen molar-refractivity contribution < 1.29 is 19.8 Å². The van der Waals surface area contributed by atoms with E-state index in [0.717, 1.165) is 21.0 Å². The molecule has 0 unspecified atom stereocenters. The third-order valence-electron chi connectivity index (χ3n) is 5.52. The van der Waals surface area contributed by atoms with E-state index in [0.29, 0.717) is 27.1 Å². The van der Waals surface area contributed by atoms with Gasteiger partial charge in [-0.2, -0.15) is 5.26 Å². The number of aliphatic hydroxyl groups is 1. The van der Waals surface area contributed by atoms with E-state index in [-0.39, 0.29) is 26.2 Å². The number of benzene rings is 1. The molecule has 4 rings (SSSR count). The molecular weight excluding hydrogens is 492 g/mol. The molecular formula is C23H21ClN6O4S. The van der Waals surface area contributed by atoms with Crippen molar-refractivity contribution in [2.45, 2.75) is 13.0 Å². The lowest BCUT2D eigenvalue weighted by atomic mass is 10.1. The first kappa shape index (κ1) is 24.4. The van der Waals surface area contributed by atoms with Gasteiger partial charge in [0, 0.05) is 30.9 Å². The Morgan fingerprint density at radius 1 is 1.26 bits per heavy atom. The number of aliphatic hydroxyl groups excluding tert-OH is 1. The Balaban J connectivity index is 1.66. The predicted octanol–water partition coefficient (Wildman–Crippen LogP) is 3.89. The number of hydrogen-bond acceptors (Lipinski definition) is 7. The highest BCUT2D eigenvalue weighted by molar-refractivity contribution is 7.19. The fourth-order valence-corrected chi connectivity index (χ4v) is 5.09. The number of halogens is 1. The summed E-state index contributed by atoms with van der Waals surface area (Å²) in [4.78, 5) is 36.5. The van der Waals surface area contributed by atoms with Gasteiger partial charge in [-0.25, -0.2) is 19.6 Å². The highest BCUT2D eigenvalue weighted by atomic mass is 35.5. The molecule has 180 valence electrons. The first-order chi connectivity index (χ1) is 16.8. The molecule has 0 saturated carbocycles. The van der Waals surface area contributed by atoms with Crippen molar-refractivity contribution in [3.05, 3.63) is 52.8 Å². The van der Waals surface area contributed by atoms with Crippen molar-refractivity contribution in [3.8, 4) is 27.8 Å². The monoisotopic (exact) mass is 512 g/mol. The number of pyridine rings is 1. The molecule has 3 heterocycles. The number of carbonyl (C=O) groups excluding carboxylic acids is 1. The Hall–Kier alpha value is -3.72. The van der Waals surface area contributed by atoms with Crippen LogP contribution < -0.4 is 5.32 Å². The Morgan fingerprint density at radius 2 is 2.06 bits per heavy atom. The molecule has 35 heavy (non-hydrogen) atoms. The molecule has 1 aliphatic rings. The van der Waals surface area contributed by atoms with Gasteiger partial charge in [0.05, 0.1) is 34.9 Å². The number of nitrogens with zero attached hydrogens (tertiary/aromatic N) is 5. The molecule has 1 atom stereocenters. The summed E-state index contributed by atoms with van der Waals surface area (Å²) in [7, 11) is 0. The van der Waals surface area contributed by atoms with Gasteiger partial charge in [0.25, 0.3) is 0 Å². The van der Waals surface area contributed by atoms with E-state index in [2.05, 4.69) is 21.4 Å². The molecule has 0 spiro atoms. The maximum absolute atomic E-state index is 13.0. The smallest absolute Gasteiger partial charge is 0.407 e. The fraction of sp³-hybridized carbons (Fsp3) is 0.261. The lowest BCUT2D eigenvalue weighted by Gasteiger charge is -2.38. The molecule has 0 bridgehead atoms. The third kappa shape index (κ3) is 5.35. The molecule has 3 N–H and O–H groups in total.